The predicted molar refractivity (Wildman–Crippen MR) is 147 cm³/mol. The van der Waals surface area contributed by atoms with Crippen molar-refractivity contribution in [2.24, 2.45) is 5.92 Å². The van der Waals surface area contributed by atoms with Gasteiger partial charge in [0, 0.05) is 63.2 Å². The smallest absolute Gasteiger partial charge is 0.333 e. The fourth-order valence-corrected chi connectivity index (χ4v) is 5.54. The molecule has 0 radical (unpaired) electrons. The topological polar surface area (TPSA) is 66.6 Å². The van der Waals surface area contributed by atoms with E-state index in [4.69, 9.17) is 0 Å². The molecular formula is C29H38N6O2. The Morgan fingerprint density at radius 2 is 1.78 bits per heavy atom. The summed E-state index contributed by atoms with van der Waals surface area (Å²) < 4.78 is 3.75. The first-order valence-electron chi connectivity index (χ1n) is 13.5. The molecule has 0 unspecified atom stereocenters. The number of pyridine rings is 1. The lowest BCUT2D eigenvalue weighted by molar-refractivity contribution is -0.136. The average Bonchev–Trinajstić information content (AvgIpc) is 3.23. The Morgan fingerprint density at radius 3 is 2.46 bits per heavy atom. The van der Waals surface area contributed by atoms with Crippen LogP contribution in [-0.2, 0) is 17.9 Å². The molecule has 0 bridgehead atoms. The Morgan fingerprint density at radius 1 is 1.05 bits per heavy atom. The maximum Gasteiger partial charge on any atom is 0.333 e. The van der Waals surface area contributed by atoms with Gasteiger partial charge in [-0.3, -0.25) is 23.8 Å². The van der Waals surface area contributed by atoms with Crippen molar-refractivity contribution in [1.82, 2.24) is 28.8 Å². The molecule has 4 heterocycles. The zero-order valence-electron chi connectivity index (χ0n) is 22.1. The summed E-state index contributed by atoms with van der Waals surface area (Å²) in [6.07, 6.45) is 8.24. The number of fused-ring (bicyclic) bond motifs is 1. The highest BCUT2D eigenvalue weighted by Crippen LogP contribution is 2.25. The molecular weight excluding hydrogens is 464 g/mol. The SMILES string of the molecule is CCN(C)CCn1c(=O)n(C2=CCN(C(=O)C3CCN(Cc4ccncc4)CC3)CC2)c2ccccc21. The van der Waals surface area contributed by atoms with Gasteiger partial charge in [0.15, 0.2) is 0 Å². The number of likely N-dealkylation sites (N-methyl/N-ethyl adjacent to an activating group) is 1. The van der Waals surface area contributed by atoms with Crippen molar-refractivity contribution < 1.29 is 4.79 Å². The molecule has 37 heavy (non-hydrogen) atoms. The van der Waals surface area contributed by atoms with Crippen LogP contribution in [0.3, 0.4) is 0 Å². The summed E-state index contributed by atoms with van der Waals surface area (Å²) >= 11 is 0. The largest absolute Gasteiger partial charge is 0.338 e. The molecule has 196 valence electrons. The second-order valence-electron chi connectivity index (χ2n) is 10.3. The molecule has 0 N–H and O–H groups in total. The maximum absolute atomic E-state index is 13.5. The van der Waals surface area contributed by atoms with E-state index >= 15 is 0 Å². The Hall–Kier alpha value is -3.23. The molecule has 1 aromatic carbocycles. The monoisotopic (exact) mass is 502 g/mol. The highest BCUT2D eigenvalue weighted by molar-refractivity contribution is 5.82. The lowest BCUT2D eigenvalue weighted by Crippen LogP contribution is -2.44. The van der Waals surface area contributed by atoms with Crippen LogP contribution < -0.4 is 5.69 Å². The van der Waals surface area contributed by atoms with E-state index < -0.39 is 0 Å². The van der Waals surface area contributed by atoms with Gasteiger partial charge >= 0.3 is 5.69 Å². The lowest BCUT2D eigenvalue weighted by Gasteiger charge is -2.35. The van der Waals surface area contributed by atoms with E-state index in [9.17, 15) is 9.59 Å². The van der Waals surface area contributed by atoms with Gasteiger partial charge in [0.05, 0.1) is 11.0 Å². The average molecular weight is 503 g/mol. The van der Waals surface area contributed by atoms with Crippen LogP contribution in [0.15, 0.2) is 59.7 Å². The van der Waals surface area contributed by atoms with Crippen molar-refractivity contribution in [3.63, 3.8) is 0 Å². The molecule has 5 rings (SSSR count). The van der Waals surface area contributed by atoms with Gasteiger partial charge in [0.2, 0.25) is 5.91 Å². The molecule has 2 aliphatic heterocycles. The van der Waals surface area contributed by atoms with Crippen molar-refractivity contribution >= 4 is 22.6 Å². The van der Waals surface area contributed by atoms with Gasteiger partial charge in [-0.15, -0.1) is 0 Å². The third-order valence-corrected chi connectivity index (χ3v) is 7.96. The van der Waals surface area contributed by atoms with Crippen molar-refractivity contribution in [2.75, 3.05) is 46.3 Å². The summed E-state index contributed by atoms with van der Waals surface area (Å²) in [4.78, 5) is 37.5. The van der Waals surface area contributed by atoms with Crippen LogP contribution in [0.2, 0.25) is 0 Å². The number of hydrogen-bond donors (Lipinski definition) is 0. The molecule has 1 amide bonds. The number of rotatable bonds is 8. The number of benzene rings is 1. The van der Waals surface area contributed by atoms with Gasteiger partial charge in [-0.25, -0.2) is 4.79 Å². The second kappa shape index (κ2) is 11.4. The number of carbonyl (C=O) groups is 1. The zero-order valence-corrected chi connectivity index (χ0v) is 22.1. The summed E-state index contributed by atoms with van der Waals surface area (Å²) in [6, 6.07) is 12.1. The van der Waals surface area contributed by atoms with Crippen molar-refractivity contribution in [1.29, 1.82) is 0 Å². The van der Waals surface area contributed by atoms with Crippen LogP contribution in [0.1, 0.15) is 31.7 Å². The van der Waals surface area contributed by atoms with E-state index in [0.717, 1.165) is 62.3 Å². The summed E-state index contributed by atoms with van der Waals surface area (Å²) in [5, 5.41) is 0. The number of aromatic nitrogens is 3. The third kappa shape index (κ3) is 5.55. The summed E-state index contributed by atoms with van der Waals surface area (Å²) in [7, 11) is 2.07. The van der Waals surface area contributed by atoms with Crippen LogP contribution in [0, 0.1) is 5.92 Å². The highest BCUT2D eigenvalue weighted by atomic mass is 16.2. The molecule has 3 aromatic rings. The van der Waals surface area contributed by atoms with Crippen LogP contribution in [0.4, 0.5) is 0 Å². The zero-order chi connectivity index (χ0) is 25.8. The Kier molecular flexibility index (Phi) is 7.86. The lowest BCUT2D eigenvalue weighted by atomic mass is 9.94. The number of para-hydroxylation sites is 2. The first-order valence-corrected chi connectivity index (χ1v) is 13.5. The molecule has 0 spiro atoms. The van der Waals surface area contributed by atoms with E-state index in [1.165, 1.54) is 5.56 Å². The van der Waals surface area contributed by atoms with E-state index in [1.54, 1.807) is 0 Å². The van der Waals surface area contributed by atoms with Gasteiger partial charge in [0.25, 0.3) is 0 Å². The fourth-order valence-electron chi connectivity index (χ4n) is 5.54. The standard InChI is InChI=1S/C29H38N6O2/c1-3-31(2)20-21-34-26-6-4-5-7-27(26)35(29(34)37)25-12-18-33(19-13-25)28(36)24-10-16-32(17-11-24)22-23-8-14-30-15-9-23/h4-9,12,14-15,24H,3,10-11,13,16-22H2,1-2H3. The Bertz CT molecular complexity index is 1300. The first-order chi connectivity index (χ1) is 18.0. The number of likely N-dealkylation sites (tertiary alicyclic amines) is 1. The van der Waals surface area contributed by atoms with E-state index in [-0.39, 0.29) is 17.5 Å². The van der Waals surface area contributed by atoms with Gasteiger partial charge in [-0.2, -0.15) is 0 Å². The molecule has 2 aromatic heterocycles. The second-order valence-corrected chi connectivity index (χ2v) is 10.3. The molecule has 1 saturated heterocycles. The minimum atomic E-state index is 0.0123. The van der Waals surface area contributed by atoms with E-state index in [0.29, 0.717) is 26.1 Å². The summed E-state index contributed by atoms with van der Waals surface area (Å²) in [6.45, 7) is 8.58. The number of hydrogen-bond acceptors (Lipinski definition) is 5. The Labute approximate surface area is 218 Å². The predicted octanol–water partition coefficient (Wildman–Crippen LogP) is 3.14. The first kappa shape index (κ1) is 25.4. The molecule has 1 fully saturated rings. The third-order valence-electron chi connectivity index (χ3n) is 7.96. The minimum absolute atomic E-state index is 0.0123. The number of nitrogens with zero attached hydrogens (tertiary/aromatic N) is 6. The quantitative estimate of drug-likeness (QED) is 0.474. The molecule has 8 heteroatoms. The summed E-state index contributed by atoms with van der Waals surface area (Å²) in [5.74, 6) is 0.347. The molecule has 2 aliphatic rings. The van der Waals surface area contributed by atoms with Crippen LogP contribution >= 0.6 is 0 Å². The van der Waals surface area contributed by atoms with E-state index in [1.807, 2.05) is 50.7 Å². The van der Waals surface area contributed by atoms with E-state index in [2.05, 4.69) is 47.0 Å². The van der Waals surface area contributed by atoms with Crippen molar-refractivity contribution in [3.8, 4) is 0 Å². The molecule has 0 aliphatic carbocycles. The van der Waals surface area contributed by atoms with Crippen LogP contribution in [0.25, 0.3) is 16.7 Å². The molecule has 0 saturated carbocycles. The fraction of sp³-hybridized carbons (Fsp3) is 0.483. The molecule has 8 nitrogen and oxygen atoms in total. The van der Waals surface area contributed by atoms with Gasteiger partial charge < -0.3 is 9.80 Å². The number of carbonyl (C=O) groups excluding carboxylic acids is 1. The van der Waals surface area contributed by atoms with Crippen molar-refractivity contribution in [2.45, 2.75) is 39.3 Å². The van der Waals surface area contributed by atoms with Crippen molar-refractivity contribution in [3.05, 3.63) is 70.9 Å². The van der Waals surface area contributed by atoms with Gasteiger partial charge in [-0.05, 0) is 75.4 Å². The molecule has 0 atom stereocenters. The van der Waals surface area contributed by atoms with Gasteiger partial charge in [0.1, 0.15) is 0 Å². The number of imidazole rings is 1. The van der Waals surface area contributed by atoms with Crippen LogP contribution in [-0.4, -0.2) is 81.0 Å². The maximum atomic E-state index is 13.5. The Balaban J connectivity index is 1.24. The highest BCUT2D eigenvalue weighted by Gasteiger charge is 2.30. The number of amides is 1. The summed E-state index contributed by atoms with van der Waals surface area (Å²) in [5.41, 5.74) is 4.19. The number of piperidine rings is 1. The normalized spacial score (nSPS) is 17.5. The minimum Gasteiger partial charge on any atom is -0.338 e. The van der Waals surface area contributed by atoms with Crippen LogP contribution in [0.5, 0.6) is 0 Å². The van der Waals surface area contributed by atoms with Gasteiger partial charge in [-0.1, -0.05) is 19.1 Å².